The maximum atomic E-state index is 3.83. The van der Waals surface area contributed by atoms with Crippen molar-refractivity contribution in [2.75, 3.05) is 18.0 Å². The fraction of sp³-hybridized carbons (Fsp3) is 0.714. The van der Waals surface area contributed by atoms with Gasteiger partial charge in [-0.2, -0.15) is 0 Å². The second kappa shape index (κ2) is 7.05. The Morgan fingerprint density at radius 2 is 1.79 bits per heavy atom. The standard InChI is InChI=1S/C21H35N3/c1-13-7-8-14(2)20(9-13)24-12-16(4)19(10-17(24)5)21-15(3)11-22-18(6)23-21/h7-9,15-19,21-23H,10-12H2,1-6H3. The van der Waals surface area contributed by atoms with E-state index in [9.17, 15) is 0 Å². The van der Waals surface area contributed by atoms with Crippen LogP contribution in [0, 0.1) is 31.6 Å². The van der Waals surface area contributed by atoms with Crippen molar-refractivity contribution in [3.63, 3.8) is 0 Å². The number of hydrogen-bond acceptors (Lipinski definition) is 3. The number of nitrogens with one attached hydrogen (secondary N) is 2. The fourth-order valence-corrected chi connectivity index (χ4v) is 4.79. The van der Waals surface area contributed by atoms with Crippen LogP contribution in [0.15, 0.2) is 18.2 Å². The molecule has 3 rings (SSSR count). The molecule has 2 saturated heterocycles. The number of aryl methyl sites for hydroxylation is 2. The van der Waals surface area contributed by atoms with Crippen LogP contribution in [-0.4, -0.2) is 31.3 Å². The van der Waals surface area contributed by atoms with Crippen LogP contribution in [0.5, 0.6) is 0 Å². The molecule has 1 aromatic rings. The molecule has 2 N–H and O–H groups in total. The smallest absolute Gasteiger partial charge is 0.0544 e. The van der Waals surface area contributed by atoms with Crippen molar-refractivity contribution in [1.82, 2.24) is 10.6 Å². The van der Waals surface area contributed by atoms with Crippen molar-refractivity contribution in [2.45, 2.75) is 66.2 Å². The van der Waals surface area contributed by atoms with Gasteiger partial charge in [0.25, 0.3) is 0 Å². The van der Waals surface area contributed by atoms with Gasteiger partial charge >= 0.3 is 0 Å². The number of benzene rings is 1. The molecule has 2 aliphatic rings. The molecular weight excluding hydrogens is 294 g/mol. The van der Waals surface area contributed by atoms with Crippen LogP contribution < -0.4 is 15.5 Å². The molecule has 1 aromatic carbocycles. The van der Waals surface area contributed by atoms with Crippen LogP contribution in [0.4, 0.5) is 5.69 Å². The number of piperidine rings is 1. The predicted octanol–water partition coefficient (Wildman–Crippen LogP) is 3.70. The molecule has 3 nitrogen and oxygen atoms in total. The third-order valence-electron chi connectivity index (χ3n) is 6.30. The summed E-state index contributed by atoms with van der Waals surface area (Å²) in [5.74, 6) is 2.18. The van der Waals surface area contributed by atoms with E-state index in [4.69, 9.17) is 0 Å². The van der Waals surface area contributed by atoms with E-state index in [1.165, 1.54) is 29.8 Å². The summed E-state index contributed by atoms with van der Waals surface area (Å²) in [5.41, 5.74) is 4.20. The molecule has 0 aromatic heterocycles. The Balaban J connectivity index is 1.78. The summed E-state index contributed by atoms with van der Waals surface area (Å²) >= 11 is 0. The Labute approximate surface area is 148 Å². The van der Waals surface area contributed by atoms with E-state index in [2.05, 4.69) is 75.3 Å². The van der Waals surface area contributed by atoms with Crippen molar-refractivity contribution >= 4 is 5.69 Å². The third kappa shape index (κ3) is 3.48. The van der Waals surface area contributed by atoms with Gasteiger partial charge in [-0.05, 0) is 69.1 Å². The Kier molecular flexibility index (Phi) is 5.22. The Bertz CT molecular complexity index is 570. The van der Waals surface area contributed by atoms with Crippen LogP contribution in [0.2, 0.25) is 0 Å². The summed E-state index contributed by atoms with van der Waals surface area (Å²) in [4.78, 5) is 2.65. The maximum Gasteiger partial charge on any atom is 0.0544 e. The molecule has 0 bridgehead atoms. The first kappa shape index (κ1) is 17.8. The molecule has 134 valence electrons. The lowest BCUT2D eigenvalue weighted by atomic mass is 9.73. The quantitative estimate of drug-likeness (QED) is 0.866. The van der Waals surface area contributed by atoms with Crippen LogP contribution in [0.1, 0.15) is 45.2 Å². The van der Waals surface area contributed by atoms with E-state index in [1.807, 2.05) is 0 Å². The summed E-state index contributed by atoms with van der Waals surface area (Å²) < 4.78 is 0. The highest BCUT2D eigenvalue weighted by atomic mass is 15.2. The lowest BCUT2D eigenvalue weighted by Crippen LogP contribution is -2.62. The van der Waals surface area contributed by atoms with Crippen molar-refractivity contribution in [3.8, 4) is 0 Å². The van der Waals surface area contributed by atoms with Crippen molar-refractivity contribution < 1.29 is 0 Å². The van der Waals surface area contributed by atoms with Crippen molar-refractivity contribution in [3.05, 3.63) is 29.3 Å². The van der Waals surface area contributed by atoms with Crippen LogP contribution in [0.25, 0.3) is 0 Å². The van der Waals surface area contributed by atoms with Gasteiger partial charge in [-0.15, -0.1) is 0 Å². The van der Waals surface area contributed by atoms with E-state index in [0.29, 0.717) is 30.1 Å². The molecule has 0 amide bonds. The zero-order valence-electron chi connectivity index (χ0n) is 16.3. The van der Waals surface area contributed by atoms with Gasteiger partial charge in [-0.3, -0.25) is 5.32 Å². The topological polar surface area (TPSA) is 27.3 Å². The van der Waals surface area contributed by atoms with Gasteiger partial charge < -0.3 is 10.2 Å². The lowest BCUT2D eigenvalue weighted by molar-refractivity contribution is 0.120. The van der Waals surface area contributed by atoms with Crippen molar-refractivity contribution in [2.24, 2.45) is 17.8 Å². The Morgan fingerprint density at radius 3 is 2.54 bits per heavy atom. The monoisotopic (exact) mass is 329 g/mol. The first-order chi connectivity index (χ1) is 11.4. The molecule has 0 radical (unpaired) electrons. The number of anilines is 1. The summed E-state index contributed by atoms with van der Waals surface area (Å²) in [6.07, 6.45) is 1.72. The summed E-state index contributed by atoms with van der Waals surface area (Å²) in [7, 11) is 0. The van der Waals surface area contributed by atoms with Gasteiger partial charge in [0.15, 0.2) is 0 Å². The van der Waals surface area contributed by atoms with Crippen LogP contribution >= 0.6 is 0 Å². The molecule has 6 atom stereocenters. The highest BCUT2D eigenvalue weighted by Gasteiger charge is 2.39. The molecule has 2 heterocycles. The molecule has 0 spiro atoms. The molecule has 6 unspecified atom stereocenters. The highest BCUT2D eigenvalue weighted by Crippen LogP contribution is 2.37. The van der Waals surface area contributed by atoms with E-state index in [-0.39, 0.29) is 0 Å². The average Bonchev–Trinajstić information content (AvgIpc) is 2.54. The maximum absolute atomic E-state index is 3.83. The minimum atomic E-state index is 0.436. The van der Waals surface area contributed by atoms with Gasteiger partial charge in [0.05, 0.1) is 6.17 Å². The molecule has 2 aliphatic heterocycles. The van der Waals surface area contributed by atoms with Gasteiger partial charge in [-0.1, -0.05) is 26.0 Å². The summed E-state index contributed by atoms with van der Waals surface area (Å²) in [5, 5.41) is 7.39. The van der Waals surface area contributed by atoms with Gasteiger partial charge in [-0.25, -0.2) is 0 Å². The summed E-state index contributed by atoms with van der Waals surface area (Å²) in [6, 6.07) is 8.10. The average molecular weight is 330 g/mol. The van der Waals surface area contributed by atoms with E-state index < -0.39 is 0 Å². The van der Waals surface area contributed by atoms with Gasteiger partial charge in [0.2, 0.25) is 0 Å². The predicted molar refractivity (Wildman–Crippen MR) is 104 cm³/mol. The van der Waals surface area contributed by atoms with Gasteiger partial charge in [0.1, 0.15) is 0 Å². The largest absolute Gasteiger partial charge is 0.368 e. The zero-order valence-corrected chi connectivity index (χ0v) is 16.3. The minimum absolute atomic E-state index is 0.436. The fourth-order valence-electron chi connectivity index (χ4n) is 4.79. The van der Waals surface area contributed by atoms with E-state index >= 15 is 0 Å². The molecule has 2 fully saturated rings. The Hall–Kier alpha value is -1.06. The van der Waals surface area contributed by atoms with E-state index in [1.54, 1.807) is 0 Å². The highest BCUT2D eigenvalue weighted by molar-refractivity contribution is 5.56. The van der Waals surface area contributed by atoms with Crippen LogP contribution in [0.3, 0.4) is 0 Å². The first-order valence-electron chi connectivity index (χ1n) is 9.70. The number of hydrogen-bond donors (Lipinski definition) is 2. The third-order valence-corrected chi connectivity index (χ3v) is 6.30. The Morgan fingerprint density at radius 1 is 1.04 bits per heavy atom. The minimum Gasteiger partial charge on any atom is -0.368 e. The first-order valence-corrected chi connectivity index (χ1v) is 9.70. The van der Waals surface area contributed by atoms with Crippen molar-refractivity contribution in [1.29, 1.82) is 0 Å². The lowest BCUT2D eigenvalue weighted by Gasteiger charge is -2.49. The molecule has 0 aliphatic carbocycles. The molecule has 0 saturated carbocycles. The zero-order chi connectivity index (χ0) is 17.4. The SMILES string of the molecule is Cc1ccc(C)c(N2CC(C)C(C3NC(C)NCC3C)CC2C)c1. The second-order valence-corrected chi connectivity index (χ2v) is 8.47. The number of rotatable bonds is 2. The molecular formula is C21H35N3. The molecule has 3 heteroatoms. The second-order valence-electron chi connectivity index (χ2n) is 8.47. The van der Waals surface area contributed by atoms with Crippen LogP contribution in [-0.2, 0) is 0 Å². The number of nitrogens with zero attached hydrogens (tertiary/aromatic N) is 1. The molecule has 24 heavy (non-hydrogen) atoms. The van der Waals surface area contributed by atoms with E-state index in [0.717, 1.165) is 12.5 Å². The normalized spacial score (nSPS) is 37.5. The van der Waals surface area contributed by atoms with Gasteiger partial charge in [0, 0.05) is 30.9 Å². The summed E-state index contributed by atoms with van der Waals surface area (Å²) in [6.45, 7) is 16.3.